The molecule has 1 aliphatic carbocycles. The lowest BCUT2D eigenvalue weighted by Crippen LogP contribution is -2.29. The van der Waals surface area contributed by atoms with Gasteiger partial charge >= 0.3 is 0 Å². The summed E-state index contributed by atoms with van der Waals surface area (Å²) in [4.78, 5) is 4.87. The van der Waals surface area contributed by atoms with E-state index in [1.54, 1.807) is 0 Å². The Morgan fingerprint density at radius 3 is 2.72 bits per heavy atom. The van der Waals surface area contributed by atoms with Gasteiger partial charge in [-0.25, -0.2) is 0 Å². The molecule has 0 amide bonds. The van der Waals surface area contributed by atoms with Crippen molar-refractivity contribution in [2.24, 2.45) is 16.3 Å². The molecule has 2 fully saturated rings. The lowest BCUT2D eigenvalue weighted by Gasteiger charge is -2.25. The van der Waals surface area contributed by atoms with Crippen molar-refractivity contribution in [2.75, 3.05) is 12.3 Å². The van der Waals surface area contributed by atoms with Crippen molar-refractivity contribution in [1.29, 1.82) is 0 Å². The summed E-state index contributed by atoms with van der Waals surface area (Å²) >= 11 is 1.92. The molecule has 0 radical (unpaired) electrons. The van der Waals surface area contributed by atoms with Crippen LogP contribution in [-0.4, -0.2) is 23.5 Å². The number of nitrogens with one attached hydrogen (secondary N) is 1. The molecule has 0 aromatic heterocycles. The highest BCUT2D eigenvalue weighted by atomic mass is 32.2. The molecular weight excluding hydrogens is 240 g/mol. The summed E-state index contributed by atoms with van der Waals surface area (Å²) < 4.78 is 0. The van der Waals surface area contributed by atoms with Crippen LogP contribution in [0.2, 0.25) is 0 Å². The SMILES string of the molecule is CCC1(CN=C2NC(CC(C)C)CS2)CCCC1. The fraction of sp³-hybridized carbons (Fsp3) is 0.933. The summed E-state index contributed by atoms with van der Waals surface area (Å²) in [6, 6.07) is 0.648. The van der Waals surface area contributed by atoms with Crippen LogP contribution in [-0.2, 0) is 0 Å². The maximum atomic E-state index is 4.87. The van der Waals surface area contributed by atoms with Gasteiger partial charge in [-0.3, -0.25) is 4.99 Å². The smallest absolute Gasteiger partial charge is 0.156 e. The van der Waals surface area contributed by atoms with E-state index in [0.717, 1.165) is 12.5 Å². The first kappa shape index (κ1) is 14.2. The van der Waals surface area contributed by atoms with Crippen molar-refractivity contribution < 1.29 is 0 Å². The van der Waals surface area contributed by atoms with Crippen LogP contribution in [0, 0.1) is 11.3 Å². The predicted molar refractivity (Wildman–Crippen MR) is 82.3 cm³/mol. The summed E-state index contributed by atoms with van der Waals surface area (Å²) in [6.07, 6.45) is 8.17. The van der Waals surface area contributed by atoms with Gasteiger partial charge in [-0.15, -0.1) is 0 Å². The maximum absolute atomic E-state index is 4.87. The molecule has 1 N–H and O–H groups in total. The number of nitrogens with zero attached hydrogens (tertiary/aromatic N) is 1. The third-order valence-electron chi connectivity index (χ3n) is 4.48. The van der Waals surface area contributed by atoms with E-state index < -0.39 is 0 Å². The van der Waals surface area contributed by atoms with Gasteiger partial charge in [0.1, 0.15) is 0 Å². The zero-order valence-corrected chi connectivity index (χ0v) is 13.0. The first-order valence-electron chi connectivity index (χ1n) is 7.57. The molecule has 1 saturated carbocycles. The highest BCUT2D eigenvalue weighted by Gasteiger charge is 2.32. The molecule has 2 aliphatic rings. The molecular formula is C15H28N2S. The highest BCUT2D eigenvalue weighted by molar-refractivity contribution is 8.14. The normalized spacial score (nSPS) is 29.1. The predicted octanol–water partition coefficient (Wildman–Crippen LogP) is 4.06. The lowest BCUT2D eigenvalue weighted by atomic mass is 9.84. The summed E-state index contributed by atoms with van der Waals surface area (Å²) in [5.74, 6) is 1.98. The Kier molecular flexibility index (Phi) is 4.99. The minimum Gasteiger partial charge on any atom is -0.361 e. The molecule has 0 spiro atoms. The van der Waals surface area contributed by atoms with Crippen LogP contribution in [0.4, 0.5) is 0 Å². The van der Waals surface area contributed by atoms with Crippen molar-refractivity contribution in [3.8, 4) is 0 Å². The molecule has 1 aliphatic heterocycles. The minimum absolute atomic E-state index is 0.533. The summed E-state index contributed by atoms with van der Waals surface area (Å²) in [5, 5.41) is 4.81. The molecule has 1 atom stereocenters. The van der Waals surface area contributed by atoms with Gasteiger partial charge < -0.3 is 5.32 Å². The van der Waals surface area contributed by atoms with Gasteiger partial charge in [0.05, 0.1) is 0 Å². The first-order valence-corrected chi connectivity index (χ1v) is 8.56. The molecule has 3 heteroatoms. The van der Waals surface area contributed by atoms with E-state index in [9.17, 15) is 0 Å². The van der Waals surface area contributed by atoms with Crippen LogP contribution in [0.3, 0.4) is 0 Å². The molecule has 0 bridgehead atoms. The van der Waals surface area contributed by atoms with Gasteiger partial charge in [0, 0.05) is 18.3 Å². The fourth-order valence-electron chi connectivity index (χ4n) is 3.21. The fourth-order valence-corrected chi connectivity index (χ4v) is 4.20. The molecule has 1 saturated heterocycles. The van der Waals surface area contributed by atoms with E-state index in [2.05, 4.69) is 26.1 Å². The van der Waals surface area contributed by atoms with Crippen LogP contribution in [0.15, 0.2) is 4.99 Å². The van der Waals surface area contributed by atoms with Crippen molar-refractivity contribution in [1.82, 2.24) is 5.32 Å². The standard InChI is InChI=1S/C15H28N2S/c1-4-15(7-5-6-8-15)11-16-14-17-13(10-18-14)9-12(2)3/h12-13H,4-11H2,1-3H3,(H,16,17). The second kappa shape index (κ2) is 6.31. The average molecular weight is 268 g/mol. The van der Waals surface area contributed by atoms with Gasteiger partial charge in [-0.05, 0) is 37.0 Å². The number of thioether (sulfide) groups is 1. The number of rotatable bonds is 5. The van der Waals surface area contributed by atoms with E-state index in [-0.39, 0.29) is 0 Å². The van der Waals surface area contributed by atoms with Crippen LogP contribution >= 0.6 is 11.8 Å². The molecule has 0 aromatic carbocycles. The van der Waals surface area contributed by atoms with Crippen LogP contribution in [0.25, 0.3) is 0 Å². The molecule has 0 aromatic rings. The molecule has 18 heavy (non-hydrogen) atoms. The third-order valence-corrected chi connectivity index (χ3v) is 5.57. The lowest BCUT2D eigenvalue weighted by molar-refractivity contribution is 0.297. The zero-order chi connectivity index (χ0) is 13.0. The molecule has 2 rings (SSSR count). The Morgan fingerprint density at radius 1 is 1.39 bits per heavy atom. The summed E-state index contributed by atoms with van der Waals surface area (Å²) in [5.41, 5.74) is 0.533. The van der Waals surface area contributed by atoms with E-state index in [4.69, 9.17) is 4.99 Å². The van der Waals surface area contributed by atoms with E-state index in [1.165, 1.54) is 49.4 Å². The maximum Gasteiger partial charge on any atom is 0.156 e. The second-order valence-corrected chi connectivity index (χ2v) is 7.47. The van der Waals surface area contributed by atoms with E-state index in [0.29, 0.717) is 11.5 Å². The first-order chi connectivity index (χ1) is 8.63. The Labute approximate surface area is 116 Å². The van der Waals surface area contributed by atoms with Gasteiger partial charge in [0.25, 0.3) is 0 Å². The number of aliphatic imine (C=N–C) groups is 1. The summed E-state index contributed by atoms with van der Waals surface area (Å²) in [7, 11) is 0. The largest absolute Gasteiger partial charge is 0.361 e. The van der Waals surface area contributed by atoms with Gasteiger partial charge in [0.15, 0.2) is 5.17 Å². The van der Waals surface area contributed by atoms with Gasteiger partial charge in [0.2, 0.25) is 0 Å². The third kappa shape index (κ3) is 3.66. The number of hydrogen-bond donors (Lipinski definition) is 1. The van der Waals surface area contributed by atoms with Crippen molar-refractivity contribution in [3.05, 3.63) is 0 Å². The Balaban J connectivity index is 1.83. The van der Waals surface area contributed by atoms with Crippen molar-refractivity contribution >= 4 is 16.9 Å². The Morgan fingerprint density at radius 2 is 2.11 bits per heavy atom. The number of hydrogen-bond acceptors (Lipinski definition) is 2. The highest BCUT2D eigenvalue weighted by Crippen LogP contribution is 2.41. The molecule has 1 unspecified atom stereocenters. The zero-order valence-electron chi connectivity index (χ0n) is 12.2. The molecule has 104 valence electrons. The van der Waals surface area contributed by atoms with Crippen molar-refractivity contribution in [2.45, 2.75) is 65.3 Å². The topological polar surface area (TPSA) is 24.4 Å². The quantitative estimate of drug-likeness (QED) is 0.813. The van der Waals surface area contributed by atoms with Gasteiger partial charge in [-0.2, -0.15) is 0 Å². The molecule has 1 heterocycles. The van der Waals surface area contributed by atoms with Crippen LogP contribution in [0.5, 0.6) is 0 Å². The number of amidine groups is 1. The van der Waals surface area contributed by atoms with E-state index >= 15 is 0 Å². The Hall–Kier alpha value is -0.180. The second-order valence-electron chi connectivity index (χ2n) is 6.46. The van der Waals surface area contributed by atoms with Crippen LogP contribution in [0.1, 0.15) is 59.3 Å². The average Bonchev–Trinajstić information content (AvgIpc) is 2.95. The molecule has 2 nitrogen and oxygen atoms in total. The van der Waals surface area contributed by atoms with E-state index in [1.807, 2.05) is 11.8 Å². The monoisotopic (exact) mass is 268 g/mol. The van der Waals surface area contributed by atoms with Crippen LogP contribution < -0.4 is 5.32 Å². The summed E-state index contributed by atoms with van der Waals surface area (Å²) in [6.45, 7) is 7.98. The minimum atomic E-state index is 0.533. The van der Waals surface area contributed by atoms with Gasteiger partial charge in [-0.1, -0.05) is 45.4 Å². The van der Waals surface area contributed by atoms with Crippen molar-refractivity contribution in [3.63, 3.8) is 0 Å². The Bertz CT molecular complexity index is 293.